The first kappa shape index (κ1) is 12.1. The summed E-state index contributed by atoms with van der Waals surface area (Å²) in [6.07, 6.45) is 1.55. The molecule has 1 saturated heterocycles. The average molecular weight is 258 g/mol. The number of nitrogens with zero attached hydrogens (tertiary/aromatic N) is 2. The first-order valence-corrected chi connectivity index (χ1v) is 6.40. The fourth-order valence-corrected chi connectivity index (χ4v) is 2.47. The van der Waals surface area contributed by atoms with Gasteiger partial charge < -0.3 is 4.90 Å². The molecule has 0 amide bonds. The summed E-state index contributed by atoms with van der Waals surface area (Å²) < 4.78 is 14.1. The molecule has 0 bridgehead atoms. The van der Waals surface area contributed by atoms with Crippen LogP contribution < -0.4 is 4.90 Å². The summed E-state index contributed by atoms with van der Waals surface area (Å²) >= 11 is 0. The Morgan fingerprint density at radius 1 is 1.37 bits per heavy atom. The van der Waals surface area contributed by atoms with Gasteiger partial charge in [0.15, 0.2) is 5.78 Å². The van der Waals surface area contributed by atoms with Gasteiger partial charge in [-0.3, -0.25) is 9.78 Å². The highest BCUT2D eigenvalue weighted by atomic mass is 19.1. The van der Waals surface area contributed by atoms with Crippen molar-refractivity contribution in [3.63, 3.8) is 0 Å². The minimum atomic E-state index is -0.248. The average Bonchev–Trinajstić information content (AvgIpc) is 2.33. The Balaban J connectivity index is 2.06. The Labute approximate surface area is 111 Å². The molecule has 1 aromatic heterocycles. The lowest BCUT2D eigenvalue weighted by Gasteiger charge is -2.39. The molecule has 19 heavy (non-hydrogen) atoms. The summed E-state index contributed by atoms with van der Waals surface area (Å²) in [6, 6.07) is 4.92. The fourth-order valence-electron chi connectivity index (χ4n) is 2.47. The molecule has 2 heterocycles. The largest absolute Gasteiger partial charge is 0.368 e. The van der Waals surface area contributed by atoms with Crippen LogP contribution in [0.3, 0.4) is 0 Å². The quantitative estimate of drug-likeness (QED) is 0.776. The van der Waals surface area contributed by atoms with Crippen molar-refractivity contribution in [2.75, 3.05) is 18.0 Å². The SMILES string of the molecule is CC(=O)c1cnc2cc(N3CC(C)C3)c(F)cc2c1. The zero-order valence-corrected chi connectivity index (χ0v) is 11.0. The molecule has 0 unspecified atom stereocenters. The molecule has 0 atom stereocenters. The molecule has 1 aliphatic heterocycles. The molecular weight excluding hydrogens is 243 g/mol. The van der Waals surface area contributed by atoms with E-state index in [1.807, 2.05) is 4.90 Å². The van der Waals surface area contributed by atoms with Crippen molar-refractivity contribution < 1.29 is 9.18 Å². The van der Waals surface area contributed by atoms with Crippen LogP contribution in [-0.2, 0) is 0 Å². The maximum Gasteiger partial charge on any atom is 0.161 e. The molecule has 0 spiro atoms. The van der Waals surface area contributed by atoms with Crippen molar-refractivity contribution in [3.05, 3.63) is 35.8 Å². The van der Waals surface area contributed by atoms with Gasteiger partial charge in [0.1, 0.15) is 5.82 Å². The number of hydrogen-bond donors (Lipinski definition) is 0. The Bertz CT molecular complexity index is 662. The van der Waals surface area contributed by atoms with Gasteiger partial charge >= 0.3 is 0 Å². The minimum absolute atomic E-state index is 0.0598. The van der Waals surface area contributed by atoms with Crippen molar-refractivity contribution in [2.24, 2.45) is 5.92 Å². The van der Waals surface area contributed by atoms with E-state index in [-0.39, 0.29) is 11.6 Å². The van der Waals surface area contributed by atoms with Crippen molar-refractivity contribution in [1.82, 2.24) is 4.98 Å². The second kappa shape index (κ2) is 4.30. The van der Waals surface area contributed by atoms with E-state index in [4.69, 9.17) is 0 Å². The van der Waals surface area contributed by atoms with Crippen LogP contribution in [0.25, 0.3) is 10.9 Å². The molecule has 0 saturated carbocycles. The number of benzene rings is 1. The van der Waals surface area contributed by atoms with E-state index in [0.29, 0.717) is 22.6 Å². The van der Waals surface area contributed by atoms with Crippen LogP contribution >= 0.6 is 0 Å². The van der Waals surface area contributed by atoms with Gasteiger partial charge in [0, 0.05) is 30.2 Å². The van der Waals surface area contributed by atoms with E-state index < -0.39 is 0 Å². The van der Waals surface area contributed by atoms with E-state index >= 15 is 0 Å². The Kier molecular flexibility index (Phi) is 2.73. The second-order valence-corrected chi connectivity index (χ2v) is 5.29. The Morgan fingerprint density at radius 3 is 2.74 bits per heavy atom. The number of carbonyl (C=O) groups is 1. The summed E-state index contributed by atoms with van der Waals surface area (Å²) in [4.78, 5) is 17.6. The molecular formula is C15H15FN2O. The Hall–Kier alpha value is -1.97. The Morgan fingerprint density at radius 2 is 2.11 bits per heavy atom. The van der Waals surface area contributed by atoms with Crippen LogP contribution in [0.1, 0.15) is 24.2 Å². The van der Waals surface area contributed by atoms with Crippen LogP contribution in [0.2, 0.25) is 0 Å². The third-order valence-corrected chi connectivity index (χ3v) is 3.56. The first-order chi connectivity index (χ1) is 9.04. The highest BCUT2D eigenvalue weighted by molar-refractivity contribution is 5.97. The molecule has 4 heteroatoms. The van der Waals surface area contributed by atoms with Gasteiger partial charge in [-0.05, 0) is 31.0 Å². The van der Waals surface area contributed by atoms with E-state index in [9.17, 15) is 9.18 Å². The highest BCUT2D eigenvalue weighted by Crippen LogP contribution is 2.30. The third-order valence-electron chi connectivity index (χ3n) is 3.56. The van der Waals surface area contributed by atoms with E-state index in [2.05, 4.69) is 11.9 Å². The van der Waals surface area contributed by atoms with E-state index in [1.54, 1.807) is 18.3 Å². The standard InChI is InChI=1S/C15H15FN2O/c1-9-7-18(8-9)15-5-14-11(4-13(15)16)3-12(6-17-14)10(2)19/h3-6,9H,7-8H2,1-2H3. The van der Waals surface area contributed by atoms with Crippen LogP contribution in [0, 0.1) is 11.7 Å². The molecule has 98 valence electrons. The monoisotopic (exact) mass is 258 g/mol. The third kappa shape index (κ3) is 2.07. The lowest BCUT2D eigenvalue weighted by atomic mass is 10.0. The van der Waals surface area contributed by atoms with Crippen molar-refractivity contribution in [3.8, 4) is 0 Å². The van der Waals surface area contributed by atoms with Gasteiger partial charge in [-0.25, -0.2) is 4.39 Å². The molecule has 1 aliphatic rings. The molecule has 2 aromatic rings. The molecule has 0 N–H and O–H groups in total. The second-order valence-electron chi connectivity index (χ2n) is 5.29. The summed E-state index contributed by atoms with van der Waals surface area (Å²) in [5, 5.41) is 0.669. The number of carbonyl (C=O) groups excluding carboxylic acids is 1. The number of rotatable bonds is 2. The normalized spacial score (nSPS) is 15.6. The zero-order valence-electron chi connectivity index (χ0n) is 11.0. The van der Waals surface area contributed by atoms with Crippen LogP contribution in [0.15, 0.2) is 24.4 Å². The number of hydrogen-bond acceptors (Lipinski definition) is 3. The molecule has 3 nitrogen and oxygen atoms in total. The predicted octanol–water partition coefficient (Wildman–Crippen LogP) is 3.03. The number of aromatic nitrogens is 1. The first-order valence-electron chi connectivity index (χ1n) is 6.40. The molecule has 1 aromatic carbocycles. The van der Waals surface area contributed by atoms with E-state index in [1.165, 1.54) is 13.0 Å². The maximum atomic E-state index is 14.1. The van der Waals surface area contributed by atoms with Crippen molar-refractivity contribution in [2.45, 2.75) is 13.8 Å². The van der Waals surface area contributed by atoms with Gasteiger partial charge in [0.05, 0.1) is 11.2 Å². The topological polar surface area (TPSA) is 33.2 Å². The van der Waals surface area contributed by atoms with Crippen molar-refractivity contribution >= 4 is 22.4 Å². The number of Topliss-reactive ketones (excluding diaryl/α,β-unsaturated/α-hetero) is 1. The fraction of sp³-hybridized carbons (Fsp3) is 0.333. The zero-order chi connectivity index (χ0) is 13.6. The van der Waals surface area contributed by atoms with Crippen LogP contribution in [0.5, 0.6) is 0 Å². The summed E-state index contributed by atoms with van der Waals surface area (Å²) in [5.74, 6) is 0.306. The number of fused-ring (bicyclic) bond motifs is 1. The number of halogens is 1. The summed E-state index contributed by atoms with van der Waals surface area (Å²) in [7, 11) is 0. The molecule has 0 radical (unpaired) electrons. The number of ketones is 1. The van der Waals surface area contributed by atoms with E-state index in [0.717, 1.165) is 18.6 Å². The van der Waals surface area contributed by atoms with Gasteiger partial charge in [0.25, 0.3) is 0 Å². The van der Waals surface area contributed by atoms with Crippen molar-refractivity contribution in [1.29, 1.82) is 0 Å². The van der Waals surface area contributed by atoms with Gasteiger partial charge in [-0.15, -0.1) is 0 Å². The minimum Gasteiger partial charge on any atom is -0.368 e. The molecule has 3 rings (SSSR count). The molecule has 0 aliphatic carbocycles. The van der Waals surface area contributed by atoms with Crippen LogP contribution in [-0.4, -0.2) is 23.9 Å². The van der Waals surface area contributed by atoms with Gasteiger partial charge in [0.2, 0.25) is 0 Å². The number of anilines is 1. The maximum absolute atomic E-state index is 14.1. The number of pyridine rings is 1. The lowest BCUT2D eigenvalue weighted by Crippen LogP contribution is -2.45. The predicted molar refractivity (Wildman–Crippen MR) is 73.1 cm³/mol. The lowest BCUT2D eigenvalue weighted by molar-refractivity contribution is 0.101. The smallest absolute Gasteiger partial charge is 0.161 e. The van der Waals surface area contributed by atoms with Gasteiger partial charge in [-0.2, -0.15) is 0 Å². The van der Waals surface area contributed by atoms with Crippen LogP contribution in [0.4, 0.5) is 10.1 Å². The van der Waals surface area contributed by atoms with Gasteiger partial charge in [-0.1, -0.05) is 6.92 Å². The highest BCUT2D eigenvalue weighted by Gasteiger charge is 2.25. The summed E-state index contributed by atoms with van der Waals surface area (Å²) in [6.45, 7) is 5.39. The summed E-state index contributed by atoms with van der Waals surface area (Å²) in [5.41, 5.74) is 1.84. The molecule has 1 fully saturated rings.